The van der Waals surface area contributed by atoms with Gasteiger partial charge in [-0.2, -0.15) is 18.3 Å². The molecule has 0 aliphatic rings. The van der Waals surface area contributed by atoms with Crippen molar-refractivity contribution in [2.24, 2.45) is 0 Å². The standard InChI is InChI=1S/C20H22F3N7O2/c1-12(2)15-6-16(27-11-26-15)19(32)25-9-14-10-30-17(29-14)5-13(8-28-30)7-24-18(31)3-4-20(21,22)23/h5-6,8,10-12H,3-4,7,9H2,1-2H3,(H,24,31)(H,25,32). The van der Waals surface area contributed by atoms with Gasteiger partial charge in [-0.1, -0.05) is 13.8 Å². The van der Waals surface area contributed by atoms with Crippen molar-refractivity contribution in [2.45, 2.75) is 51.9 Å². The average molecular weight is 449 g/mol. The van der Waals surface area contributed by atoms with Crippen LogP contribution in [0.15, 0.2) is 30.9 Å². The zero-order valence-corrected chi connectivity index (χ0v) is 17.5. The van der Waals surface area contributed by atoms with Crippen molar-refractivity contribution in [1.82, 2.24) is 35.2 Å². The first-order valence-corrected chi connectivity index (χ1v) is 9.87. The summed E-state index contributed by atoms with van der Waals surface area (Å²) in [6.45, 7) is 4.11. The van der Waals surface area contributed by atoms with E-state index < -0.39 is 24.9 Å². The van der Waals surface area contributed by atoms with Gasteiger partial charge in [0.2, 0.25) is 5.91 Å². The summed E-state index contributed by atoms with van der Waals surface area (Å²) in [6, 6.07) is 3.29. The maximum absolute atomic E-state index is 12.4. The number of alkyl halides is 3. The molecule has 2 amide bonds. The van der Waals surface area contributed by atoms with Crippen LogP contribution in [0.2, 0.25) is 0 Å². The highest BCUT2D eigenvalue weighted by Crippen LogP contribution is 2.21. The highest BCUT2D eigenvalue weighted by molar-refractivity contribution is 5.92. The molecule has 0 bridgehead atoms. The van der Waals surface area contributed by atoms with Crippen molar-refractivity contribution in [3.05, 3.63) is 53.5 Å². The summed E-state index contributed by atoms with van der Waals surface area (Å²) in [5.41, 5.74) is 2.63. The molecule has 0 aliphatic heterocycles. The molecule has 0 aromatic carbocycles. The van der Waals surface area contributed by atoms with Gasteiger partial charge >= 0.3 is 6.18 Å². The zero-order valence-electron chi connectivity index (χ0n) is 17.5. The summed E-state index contributed by atoms with van der Waals surface area (Å²) in [6.07, 6.45) is -1.70. The van der Waals surface area contributed by atoms with Gasteiger partial charge in [0.1, 0.15) is 12.0 Å². The quantitative estimate of drug-likeness (QED) is 0.546. The van der Waals surface area contributed by atoms with Crippen LogP contribution in [0.5, 0.6) is 0 Å². The second kappa shape index (κ2) is 9.71. The summed E-state index contributed by atoms with van der Waals surface area (Å²) in [5.74, 6) is -0.890. The lowest BCUT2D eigenvalue weighted by Crippen LogP contribution is -2.24. The van der Waals surface area contributed by atoms with Crippen LogP contribution >= 0.6 is 0 Å². The van der Waals surface area contributed by atoms with E-state index >= 15 is 0 Å². The molecule has 0 saturated heterocycles. The normalized spacial score (nSPS) is 11.7. The minimum Gasteiger partial charge on any atom is -0.352 e. The molecule has 0 spiro atoms. The number of nitrogens with one attached hydrogen (secondary N) is 2. The van der Waals surface area contributed by atoms with Crippen LogP contribution in [-0.2, 0) is 17.9 Å². The third kappa shape index (κ3) is 6.46. The van der Waals surface area contributed by atoms with Crippen LogP contribution in [0.3, 0.4) is 0 Å². The Balaban J connectivity index is 1.57. The second-order valence-electron chi connectivity index (χ2n) is 7.46. The lowest BCUT2D eigenvalue weighted by molar-refractivity contribution is -0.144. The summed E-state index contributed by atoms with van der Waals surface area (Å²) in [5, 5.41) is 9.34. The minimum absolute atomic E-state index is 0.0328. The molecule has 2 N–H and O–H groups in total. The number of fused-ring (bicyclic) bond motifs is 1. The Morgan fingerprint density at radius 2 is 1.91 bits per heavy atom. The first-order chi connectivity index (χ1) is 15.1. The molecule has 9 nitrogen and oxygen atoms in total. The Hall–Kier alpha value is -3.57. The fourth-order valence-electron chi connectivity index (χ4n) is 2.76. The smallest absolute Gasteiger partial charge is 0.352 e. The predicted molar refractivity (Wildman–Crippen MR) is 107 cm³/mol. The van der Waals surface area contributed by atoms with E-state index in [0.29, 0.717) is 16.9 Å². The van der Waals surface area contributed by atoms with E-state index in [1.54, 1.807) is 18.3 Å². The number of amides is 2. The zero-order chi connectivity index (χ0) is 23.3. The van der Waals surface area contributed by atoms with Crippen LogP contribution < -0.4 is 10.6 Å². The van der Waals surface area contributed by atoms with Gasteiger partial charge in [0.25, 0.3) is 5.91 Å². The number of hydrogen-bond acceptors (Lipinski definition) is 6. The van der Waals surface area contributed by atoms with Gasteiger partial charge in [-0.25, -0.2) is 19.5 Å². The highest BCUT2D eigenvalue weighted by Gasteiger charge is 2.27. The molecule has 170 valence electrons. The molecule has 0 aliphatic carbocycles. The van der Waals surface area contributed by atoms with Gasteiger partial charge in [0, 0.05) is 18.7 Å². The number of aromatic nitrogens is 5. The summed E-state index contributed by atoms with van der Waals surface area (Å²) >= 11 is 0. The van der Waals surface area contributed by atoms with Crippen LogP contribution in [0.4, 0.5) is 13.2 Å². The van der Waals surface area contributed by atoms with E-state index in [0.717, 1.165) is 5.69 Å². The van der Waals surface area contributed by atoms with Crippen molar-refractivity contribution >= 4 is 17.5 Å². The van der Waals surface area contributed by atoms with Gasteiger partial charge in [-0.05, 0) is 23.6 Å². The van der Waals surface area contributed by atoms with Crippen molar-refractivity contribution < 1.29 is 22.8 Å². The first-order valence-electron chi connectivity index (χ1n) is 9.87. The molecule has 12 heteroatoms. The molecule has 3 rings (SSSR count). The monoisotopic (exact) mass is 449 g/mol. The third-order valence-electron chi connectivity index (χ3n) is 4.49. The number of carbonyl (C=O) groups is 2. The summed E-state index contributed by atoms with van der Waals surface area (Å²) in [7, 11) is 0. The Kier molecular flexibility index (Phi) is 7.01. The molecular weight excluding hydrogens is 427 g/mol. The van der Waals surface area contributed by atoms with Crippen molar-refractivity contribution in [3.63, 3.8) is 0 Å². The Bertz CT molecular complexity index is 1110. The number of carbonyl (C=O) groups excluding carboxylic acids is 2. The molecular formula is C20H22F3N7O2. The topological polar surface area (TPSA) is 114 Å². The van der Waals surface area contributed by atoms with Crippen molar-refractivity contribution in [1.29, 1.82) is 0 Å². The van der Waals surface area contributed by atoms with Crippen molar-refractivity contribution in [2.75, 3.05) is 0 Å². The van der Waals surface area contributed by atoms with Gasteiger partial charge < -0.3 is 10.6 Å². The molecule has 0 saturated carbocycles. The van der Waals surface area contributed by atoms with E-state index in [-0.39, 0.29) is 30.6 Å². The van der Waals surface area contributed by atoms with E-state index in [1.165, 1.54) is 17.0 Å². The number of hydrogen-bond donors (Lipinski definition) is 2. The van der Waals surface area contributed by atoms with Gasteiger partial charge in [0.05, 0.1) is 31.1 Å². The highest BCUT2D eigenvalue weighted by atomic mass is 19.4. The average Bonchev–Trinajstić information content (AvgIpc) is 3.16. The molecule has 0 radical (unpaired) electrons. The molecule has 0 unspecified atom stereocenters. The molecule has 3 heterocycles. The molecule has 3 aromatic heterocycles. The summed E-state index contributed by atoms with van der Waals surface area (Å²) in [4.78, 5) is 36.4. The van der Waals surface area contributed by atoms with E-state index in [1.807, 2.05) is 13.8 Å². The largest absolute Gasteiger partial charge is 0.389 e. The van der Waals surface area contributed by atoms with Gasteiger partial charge in [0.15, 0.2) is 5.65 Å². The maximum Gasteiger partial charge on any atom is 0.389 e. The first kappa shape index (κ1) is 23.1. The van der Waals surface area contributed by atoms with Gasteiger partial charge in [-0.3, -0.25) is 9.59 Å². The van der Waals surface area contributed by atoms with E-state index in [9.17, 15) is 22.8 Å². The number of halogens is 3. The summed E-state index contributed by atoms with van der Waals surface area (Å²) < 4.78 is 38.0. The van der Waals surface area contributed by atoms with Crippen molar-refractivity contribution in [3.8, 4) is 0 Å². The van der Waals surface area contributed by atoms with Crippen LogP contribution in [0, 0.1) is 0 Å². The van der Waals surface area contributed by atoms with Crippen LogP contribution in [0.1, 0.15) is 60.0 Å². The Morgan fingerprint density at radius 1 is 1.12 bits per heavy atom. The van der Waals surface area contributed by atoms with Crippen LogP contribution in [0.25, 0.3) is 5.65 Å². The maximum atomic E-state index is 12.4. The number of nitrogens with zero attached hydrogens (tertiary/aromatic N) is 5. The predicted octanol–water partition coefficient (Wildman–Crippen LogP) is 2.53. The fraction of sp³-hybridized carbons (Fsp3) is 0.400. The molecule has 32 heavy (non-hydrogen) atoms. The Labute approximate surface area is 181 Å². The van der Waals surface area contributed by atoms with Crippen LogP contribution in [-0.4, -0.2) is 42.6 Å². The van der Waals surface area contributed by atoms with E-state index in [2.05, 4.69) is 30.7 Å². The van der Waals surface area contributed by atoms with E-state index in [4.69, 9.17) is 0 Å². The lowest BCUT2D eigenvalue weighted by Gasteiger charge is -2.07. The number of rotatable bonds is 8. The second-order valence-corrected chi connectivity index (χ2v) is 7.46. The SMILES string of the molecule is CC(C)c1cc(C(=O)NCc2cn3ncc(CNC(=O)CCC(F)(F)F)cc3n2)ncn1. The molecule has 0 atom stereocenters. The lowest BCUT2D eigenvalue weighted by atomic mass is 10.1. The number of imidazole rings is 1. The minimum atomic E-state index is -4.37. The molecule has 3 aromatic rings. The van der Waals surface area contributed by atoms with Gasteiger partial charge in [-0.15, -0.1) is 0 Å². The Morgan fingerprint density at radius 3 is 2.62 bits per heavy atom. The fourth-order valence-corrected chi connectivity index (χ4v) is 2.76. The third-order valence-corrected chi connectivity index (χ3v) is 4.49. The molecule has 0 fully saturated rings.